The number of nitrogens with one attached hydrogen (secondary N) is 1. The fraction of sp³-hybridized carbons (Fsp3) is 0.158. The molecule has 3 aromatic rings. The molecule has 1 aromatic heterocycles. The molecule has 0 aliphatic carbocycles. The Morgan fingerprint density at radius 1 is 1.16 bits per heavy atom. The number of rotatable bonds is 5. The van der Waals surface area contributed by atoms with Crippen molar-refractivity contribution in [3.8, 4) is 17.1 Å². The third kappa shape index (κ3) is 5.17. The van der Waals surface area contributed by atoms with Crippen LogP contribution in [0.25, 0.3) is 17.1 Å². The van der Waals surface area contributed by atoms with Crippen LogP contribution >= 0.6 is 23.4 Å². The van der Waals surface area contributed by atoms with E-state index < -0.39 is 28.9 Å². The normalized spacial score (nSPS) is 12.4. The minimum atomic E-state index is -4.56. The van der Waals surface area contributed by atoms with Gasteiger partial charge in [-0.15, -0.1) is 10.2 Å². The summed E-state index contributed by atoms with van der Waals surface area (Å²) in [6.45, 7) is 1.49. The van der Waals surface area contributed by atoms with Gasteiger partial charge in [0.25, 0.3) is 0 Å². The molecule has 3 rings (SSSR count). The maximum atomic E-state index is 13.3. The quantitative estimate of drug-likeness (QED) is 0.543. The van der Waals surface area contributed by atoms with Crippen LogP contribution in [0.15, 0.2) is 53.7 Å². The molecule has 7 nitrogen and oxygen atoms in total. The van der Waals surface area contributed by atoms with E-state index in [4.69, 9.17) is 17.3 Å². The zero-order valence-electron chi connectivity index (χ0n) is 15.9. The van der Waals surface area contributed by atoms with Gasteiger partial charge in [-0.1, -0.05) is 41.6 Å². The Labute approximate surface area is 183 Å². The van der Waals surface area contributed by atoms with E-state index in [-0.39, 0.29) is 16.7 Å². The molecule has 0 fully saturated rings. The van der Waals surface area contributed by atoms with E-state index in [1.54, 1.807) is 24.3 Å². The summed E-state index contributed by atoms with van der Waals surface area (Å²) in [7, 11) is 0. The van der Waals surface area contributed by atoms with Crippen molar-refractivity contribution in [3.05, 3.63) is 59.1 Å². The van der Waals surface area contributed by atoms with Crippen LogP contribution in [0, 0.1) is 0 Å². The van der Waals surface area contributed by atoms with Crippen LogP contribution in [0.4, 0.5) is 18.0 Å². The van der Waals surface area contributed by atoms with Gasteiger partial charge in [0.2, 0.25) is 5.91 Å². The van der Waals surface area contributed by atoms with Crippen LogP contribution < -0.4 is 11.1 Å². The van der Waals surface area contributed by atoms with E-state index in [0.717, 1.165) is 23.9 Å². The molecule has 0 saturated carbocycles. The van der Waals surface area contributed by atoms with Crippen molar-refractivity contribution in [1.29, 1.82) is 0 Å². The summed E-state index contributed by atoms with van der Waals surface area (Å²) in [5.41, 5.74) is 4.67. The largest absolute Gasteiger partial charge is 0.416 e. The number of carbonyl (C=O) groups excluding carboxylic acids is 2. The van der Waals surface area contributed by atoms with Crippen molar-refractivity contribution < 1.29 is 22.8 Å². The maximum Gasteiger partial charge on any atom is 0.416 e. The van der Waals surface area contributed by atoms with Crippen molar-refractivity contribution in [3.63, 3.8) is 0 Å². The number of amides is 3. The third-order valence-corrected chi connectivity index (χ3v) is 5.45. The Kier molecular flexibility index (Phi) is 6.56. The molecule has 3 amide bonds. The van der Waals surface area contributed by atoms with Crippen LogP contribution in [0.5, 0.6) is 0 Å². The molecule has 0 saturated heterocycles. The van der Waals surface area contributed by atoms with Crippen molar-refractivity contribution in [2.45, 2.75) is 23.5 Å². The lowest BCUT2D eigenvalue weighted by Gasteiger charge is -2.15. The minimum absolute atomic E-state index is 0.125. The van der Waals surface area contributed by atoms with Gasteiger partial charge in [0, 0.05) is 5.56 Å². The fourth-order valence-corrected chi connectivity index (χ4v) is 3.74. The second kappa shape index (κ2) is 8.98. The van der Waals surface area contributed by atoms with E-state index in [2.05, 4.69) is 10.2 Å². The Morgan fingerprint density at radius 3 is 2.52 bits per heavy atom. The first-order valence-electron chi connectivity index (χ1n) is 8.73. The number of hydrogen-bond donors (Lipinski definition) is 2. The number of nitrogens with two attached hydrogens (primary N) is 1. The smallest absolute Gasteiger partial charge is 0.351 e. The highest BCUT2D eigenvalue weighted by Gasteiger charge is 2.31. The average molecular weight is 470 g/mol. The van der Waals surface area contributed by atoms with Gasteiger partial charge in [0.05, 0.1) is 21.5 Å². The highest BCUT2D eigenvalue weighted by molar-refractivity contribution is 8.00. The van der Waals surface area contributed by atoms with Crippen molar-refractivity contribution >= 4 is 35.3 Å². The number of hydrogen-bond acceptors (Lipinski definition) is 5. The highest BCUT2D eigenvalue weighted by Crippen LogP contribution is 2.35. The molecule has 31 heavy (non-hydrogen) atoms. The number of nitrogens with zero attached hydrogens (tertiary/aromatic N) is 3. The molecule has 0 bridgehead atoms. The summed E-state index contributed by atoms with van der Waals surface area (Å²) in [6, 6.07) is 10.2. The van der Waals surface area contributed by atoms with Gasteiger partial charge in [-0.25, -0.2) is 4.79 Å². The lowest BCUT2D eigenvalue weighted by atomic mass is 10.1. The Bertz CT molecular complexity index is 1140. The highest BCUT2D eigenvalue weighted by atomic mass is 35.5. The van der Waals surface area contributed by atoms with E-state index >= 15 is 0 Å². The van der Waals surface area contributed by atoms with Gasteiger partial charge in [-0.05, 0) is 37.3 Å². The van der Waals surface area contributed by atoms with Crippen LogP contribution in [0.2, 0.25) is 5.02 Å². The predicted molar refractivity (Wildman–Crippen MR) is 110 cm³/mol. The summed E-state index contributed by atoms with van der Waals surface area (Å²) in [4.78, 5) is 23.0. The summed E-state index contributed by atoms with van der Waals surface area (Å²) >= 11 is 7.16. The molecule has 1 unspecified atom stereocenters. The number of urea groups is 1. The lowest BCUT2D eigenvalue weighted by Crippen LogP contribution is -2.39. The summed E-state index contributed by atoms with van der Waals surface area (Å²) < 4.78 is 41.2. The topological polar surface area (TPSA) is 103 Å². The van der Waals surface area contributed by atoms with Crippen LogP contribution in [0.1, 0.15) is 12.5 Å². The first kappa shape index (κ1) is 22.6. The number of carbonyl (C=O) groups is 2. The zero-order valence-corrected chi connectivity index (χ0v) is 17.4. The standard InChI is InChI=1S/C19H15ClF3N5O2S/c1-10(16(29)25-17(24)30)31-18-27-26-15(13-7-2-3-8-14(13)20)28(18)12-6-4-5-11(9-12)19(21,22)23/h2-10H,1H3,(H3,24,25,29,30). The molecule has 2 aromatic carbocycles. The predicted octanol–water partition coefficient (Wildman–Crippen LogP) is 4.28. The number of benzene rings is 2. The first-order valence-corrected chi connectivity index (χ1v) is 9.98. The molecule has 0 aliphatic rings. The number of thioether (sulfide) groups is 1. The molecule has 12 heteroatoms. The maximum absolute atomic E-state index is 13.3. The molecule has 0 spiro atoms. The zero-order chi connectivity index (χ0) is 22.8. The molecule has 162 valence electrons. The number of imide groups is 1. The Hall–Kier alpha value is -3.05. The molecular formula is C19H15ClF3N5O2S. The molecular weight excluding hydrogens is 455 g/mol. The van der Waals surface area contributed by atoms with E-state index in [1.807, 2.05) is 5.32 Å². The molecule has 3 N–H and O–H groups in total. The number of halogens is 4. The third-order valence-electron chi connectivity index (χ3n) is 4.08. The Balaban J connectivity index is 2.13. The second-order valence-electron chi connectivity index (χ2n) is 6.28. The fourth-order valence-electron chi connectivity index (χ4n) is 2.65. The monoisotopic (exact) mass is 469 g/mol. The van der Waals surface area contributed by atoms with Crippen molar-refractivity contribution in [2.24, 2.45) is 5.73 Å². The second-order valence-corrected chi connectivity index (χ2v) is 8.00. The van der Waals surface area contributed by atoms with Gasteiger partial charge >= 0.3 is 12.2 Å². The van der Waals surface area contributed by atoms with Crippen LogP contribution in [-0.4, -0.2) is 32.0 Å². The average Bonchev–Trinajstić information content (AvgIpc) is 3.10. The SMILES string of the molecule is CC(Sc1nnc(-c2ccccc2Cl)n1-c1cccc(C(F)(F)F)c1)C(=O)NC(N)=O. The van der Waals surface area contributed by atoms with Gasteiger partial charge in [-0.2, -0.15) is 13.2 Å². The van der Waals surface area contributed by atoms with Gasteiger partial charge < -0.3 is 5.73 Å². The van der Waals surface area contributed by atoms with Gasteiger partial charge in [-0.3, -0.25) is 14.7 Å². The minimum Gasteiger partial charge on any atom is -0.351 e. The number of primary amides is 1. The van der Waals surface area contributed by atoms with Crippen LogP contribution in [0.3, 0.4) is 0 Å². The van der Waals surface area contributed by atoms with Crippen molar-refractivity contribution in [1.82, 2.24) is 20.1 Å². The van der Waals surface area contributed by atoms with Crippen LogP contribution in [-0.2, 0) is 11.0 Å². The van der Waals surface area contributed by atoms with Gasteiger partial charge in [0.15, 0.2) is 11.0 Å². The number of alkyl halides is 3. The van der Waals surface area contributed by atoms with E-state index in [9.17, 15) is 22.8 Å². The summed E-state index contributed by atoms with van der Waals surface area (Å²) in [5.74, 6) is -0.495. The molecule has 1 heterocycles. The Morgan fingerprint density at radius 2 is 1.87 bits per heavy atom. The molecule has 1 atom stereocenters. The molecule has 0 aliphatic heterocycles. The van der Waals surface area contributed by atoms with Gasteiger partial charge in [0.1, 0.15) is 0 Å². The van der Waals surface area contributed by atoms with E-state index in [0.29, 0.717) is 10.6 Å². The van der Waals surface area contributed by atoms with Crippen molar-refractivity contribution in [2.75, 3.05) is 0 Å². The number of aromatic nitrogens is 3. The first-order chi connectivity index (χ1) is 14.6. The summed E-state index contributed by atoms with van der Waals surface area (Å²) in [5, 5.41) is 9.68. The van der Waals surface area contributed by atoms with E-state index in [1.165, 1.54) is 23.6 Å². The summed E-state index contributed by atoms with van der Waals surface area (Å²) in [6.07, 6.45) is -4.56. The molecule has 0 radical (unpaired) electrons. The lowest BCUT2D eigenvalue weighted by molar-refractivity contribution is -0.137.